The quantitative estimate of drug-likeness (QED) is 0.0159. The predicted octanol–water partition coefficient (Wildman–Crippen LogP) is 20.4. The van der Waals surface area contributed by atoms with Crippen molar-refractivity contribution in [3.05, 3.63) is 329 Å². The topological polar surface area (TPSA) is 471 Å². The fourth-order valence-electron chi connectivity index (χ4n) is 16.7. The number of ether oxygens (including phenoxy) is 8. The van der Waals surface area contributed by atoms with E-state index in [2.05, 4.69) is 41.2 Å². The minimum atomic E-state index is -3.57. The van der Waals surface area contributed by atoms with Gasteiger partial charge in [0.25, 0.3) is 0 Å². The van der Waals surface area contributed by atoms with Gasteiger partial charge in [-0.05, 0) is 198 Å². The minimum absolute atomic E-state index is 0.00206. The van der Waals surface area contributed by atoms with E-state index in [1.165, 1.54) is 77.0 Å². The van der Waals surface area contributed by atoms with E-state index < -0.39 is 63.5 Å². The fourth-order valence-corrected chi connectivity index (χ4v) is 20.1. The number of carbonyl (C=O) groups excluding carboxylic acids is 4. The number of carbonyl (C=O) groups is 4. The van der Waals surface area contributed by atoms with Crippen LogP contribution in [0.4, 0.5) is 22.7 Å². The molecule has 12 aromatic carbocycles. The summed E-state index contributed by atoms with van der Waals surface area (Å²) in [5, 5.41) is 54.7. The summed E-state index contributed by atoms with van der Waals surface area (Å²) in [4.78, 5) is 69.5. The van der Waals surface area contributed by atoms with Gasteiger partial charge in [0, 0.05) is 205 Å². The van der Waals surface area contributed by atoms with Crippen LogP contribution in [0, 0.1) is 41.5 Å². The number of sulfone groups is 4. The van der Waals surface area contributed by atoms with Gasteiger partial charge in [-0.25, -0.2) is 33.7 Å². The number of aliphatic hydroxyl groups excluding tert-OH is 4. The van der Waals surface area contributed by atoms with E-state index >= 15 is 0 Å². The molecule has 0 aliphatic heterocycles. The van der Waals surface area contributed by atoms with E-state index in [1.54, 1.807) is 122 Å². The second-order valence-electron chi connectivity index (χ2n) is 35.4. The number of aryl methyl sites for hydroxylation is 6. The van der Waals surface area contributed by atoms with Crippen molar-refractivity contribution in [3.8, 4) is 46.0 Å². The third-order valence-corrected chi connectivity index (χ3v) is 29.5. The summed E-state index contributed by atoms with van der Waals surface area (Å²) >= 11 is 24.9. The van der Waals surface area contributed by atoms with Gasteiger partial charge in [0.15, 0.2) is 62.5 Å². The second kappa shape index (κ2) is 49.1. The van der Waals surface area contributed by atoms with Crippen molar-refractivity contribution in [2.45, 2.75) is 85.3 Å². The standard InChI is InChI=1S/2C28H29ClN2O6S.2C27H27ClN2O6S/c1-16-9-23-24(15-30-25(23)10-17(16)2)28(33)27(22-6-5-18(29)11-26(22)37-8-7-32)31-19-12-20(36-3)14-21(13-19)38(4,34)35;1-16-9-17(2)26-23(10-16)24(15-30-26)28(33)27(22-6-5-18(29)11-25(22)37-8-7-32)31-19-12-20(36-3)14-21(13-19)38(4,34)35;2*1-16-4-7-24-22(10-16)23(15-29-24)27(32)26(21-6-5-17(28)11-25(21)36-9-8-31)30-18-12-19(35-2)14-20(13-18)37(3,33)34/h2*5-6,9-15,27,30-32H,7-8H2,1-4H3;2*4-7,10-15,26,29-31H,8-9H2,1-3H3. The number of hydrogen-bond acceptors (Lipinski definition) is 28. The Bertz CT molecular complexity index is 8020. The summed E-state index contributed by atoms with van der Waals surface area (Å²) in [6, 6.07) is 52.9. The highest BCUT2D eigenvalue weighted by Gasteiger charge is 2.35. The summed E-state index contributed by atoms with van der Waals surface area (Å²) < 4.78 is 143. The Morgan fingerprint density at radius 1 is 0.293 bits per heavy atom. The molecule has 32 nitrogen and oxygen atoms in total. The van der Waals surface area contributed by atoms with E-state index in [4.69, 9.17) is 84.3 Å². The number of aromatic amines is 4. The van der Waals surface area contributed by atoms with E-state index in [1.807, 2.05) is 102 Å². The van der Waals surface area contributed by atoms with Gasteiger partial charge < -0.3 is 99.5 Å². The van der Waals surface area contributed by atoms with Crippen LogP contribution in [0.2, 0.25) is 20.1 Å². The van der Waals surface area contributed by atoms with Crippen molar-refractivity contribution in [1.29, 1.82) is 0 Å². The Hall–Kier alpha value is -14.1. The number of ketones is 4. The lowest BCUT2D eigenvalue weighted by atomic mass is 9.94. The third-order valence-electron chi connectivity index (χ3n) is 24.2. The largest absolute Gasteiger partial charge is 0.497 e. The van der Waals surface area contributed by atoms with Crippen LogP contribution < -0.4 is 59.2 Å². The lowest BCUT2D eigenvalue weighted by Crippen LogP contribution is -2.22. The highest BCUT2D eigenvalue weighted by Crippen LogP contribution is 2.44. The number of H-pyrrole nitrogens is 4. The van der Waals surface area contributed by atoms with Gasteiger partial charge in [-0.3, -0.25) is 19.2 Å². The average Bonchev–Trinajstić information content (AvgIpc) is 1.72. The van der Waals surface area contributed by atoms with Crippen LogP contribution >= 0.6 is 46.4 Å². The van der Waals surface area contributed by atoms with Crippen molar-refractivity contribution in [3.63, 3.8) is 0 Å². The lowest BCUT2D eigenvalue weighted by molar-refractivity contribution is 0.0961. The molecule has 40 heteroatoms. The number of methoxy groups -OCH3 is 4. The number of aromatic nitrogens is 4. The average molecular weight is 2200 g/mol. The van der Waals surface area contributed by atoms with Gasteiger partial charge in [0.05, 0.1) is 74.4 Å². The van der Waals surface area contributed by atoms with Crippen molar-refractivity contribution in [2.75, 3.05) is 128 Å². The number of fused-ring (bicyclic) bond motifs is 4. The second-order valence-corrected chi connectivity index (χ2v) is 45.2. The van der Waals surface area contributed by atoms with Crippen LogP contribution in [0.1, 0.15) is 121 Å². The van der Waals surface area contributed by atoms with Gasteiger partial charge >= 0.3 is 0 Å². The number of rotatable bonds is 40. The molecule has 0 amide bonds. The zero-order valence-corrected chi connectivity index (χ0v) is 90.3. The van der Waals surface area contributed by atoms with Gasteiger partial charge in [-0.2, -0.15) is 0 Å². The fraction of sp³-hybridized carbons (Fsp3) is 0.236. The molecular weight excluding hydrogens is 2090 g/mol. The zero-order valence-electron chi connectivity index (χ0n) is 84.0. The van der Waals surface area contributed by atoms with Crippen molar-refractivity contribution in [2.24, 2.45) is 0 Å². The molecule has 4 heterocycles. The lowest BCUT2D eigenvalue weighted by Gasteiger charge is -2.23. The minimum Gasteiger partial charge on any atom is -0.497 e. The molecule has 0 spiro atoms. The first-order valence-electron chi connectivity index (χ1n) is 46.5. The van der Waals surface area contributed by atoms with Crippen molar-refractivity contribution in [1.82, 2.24) is 19.9 Å². The first-order valence-corrected chi connectivity index (χ1v) is 55.6. The molecular formula is C110H112Cl4N8O24S4. The van der Waals surface area contributed by atoms with Crippen LogP contribution in [-0.2, 0) is 39.3 Å². The Kier molecular flexibility index (Phi) is 37.0. The monoisotopic (exact) mass is 2200 g/mol. The predicted molar refractivity (Wildman–Crippen MR) is 585 cm³/mol. The number of hydrogen-bond donors (Lipinski definition) is 12. The van der Waals surface area contributed by atoms with Crippen LogP contribution in [0.25, 0.3) is 43.6 Å². The van der Waals surface area contributed by atoms with Crippen LogP contribution in [0.5, 0.6) is 46.0 Å². The zero-order chi connectivity index (χ0) is 109. The molecule has 0 aliphatic rings. The highest BCUT2D eigenvalue weighted by atomic mass is 35.5. The van der Waals surface area contributed by atoms with Gasteiger partial charge in [0.2, 0.25) is 0 Å². The van der Waals surface area contributed by atoms with Gasteiger partial charge in [-0.15, -0.1) is 0 Å². The molecule has 16 rings (SSSR count). The Morgan fingerprint density at radius 3 is 0.833 bits per heavy atom. The molecule has 150 heavy (non-hydrogen) atoms. The molecule has 16 aromatic rings. The Balaban J connectivity index is 0.000000167. The van der Waals surface area contributed by atoms with E-state index in [0.29, 0.717) is 133 Å². The number of nitrogens with one attached hydrogen (secondary N) is 8. The molecule has 0 fully saturated rings. The van der Waals surface area contributed by atoms with Crippen molar-refractivity contribution >= 4 is 175 Å². The van der Waals surface area contributed by atoms with Gasteiger partial charge in [0.1, 0.15) is 96.6 Å². The first-order chi connectivity index (χ1) is 71.2. The summed E-state index contributed by atoms with van der Waals surface area (Å²) in [6.07, 6.45) is 11.0. The first kappa shape index (κ1) is 113. The molecule has 0 radical (unpaired) electrons. The summed E-state index contributed by atoms with van der Waals surface area (Å²) in [5.41, 5.74) is 14.5. The third kappa shape index (κ3) is 27.7. The van der Waals surface area contributed by atoms with Gasteiger partial charge in [-0.1, -0.05) is 106 Å². The Morgan fingerprint density at radius 2 is 0.553 bits per heavy atom. The number of benzene rings is 12. The molecule has 788 valence electrons. The van der Waals surface area contributed by atoms with E-state index in [-0.39, 0.29) is 95.6 Å². The smallest absolute Gasteiger partial charge is 0.191 e. The van der Waals surface area contributed by atoms with Crippen LogP contribution in [0.15, 0.2) is 251 Å². The summed E-state index contributed by atoms with van der Waals surface area (Å²) in [6.45, 7) is 10.9. The summed E-state index contributed by atoms with van der Waals surface area (Å²) in [7, 11) is -8.52. The molecule has 0 saturated carbocycles. The van der Waals surface area contributed by atoms with Crippen LogP contribution in [0.3, 0.4) is 0 Å². The highest BCUT2D eigenvalue weighted by molar-refractivity contribution is 7.91. The molecule has 4 unspecified atom stereocenters. The maximum Gasteiger partial charge on any atom is 0.191 e. The number of anilines is 4. The van der Waals surface area contributed by atoms with Crippen LogP contribution in [-0.4, -0.2) is 203 Å². The van der Waals surface area contributed by atoms with E-state index in [0.717, 1.165) is 102 Å². The number of aliphatic hydroxyl groups is 4. The Labute approximate surface area is 887 Å². The SMILES string of the molecule is COc1cc(NC(C(=O)c2c[nH]c3c(C)cc(C)cc23)c2ccc(Cl)cc2OCCO)cc(S(C)(=O)=O)c1.COc1cc(NC(C(=O)c2c[nH]c3cc(C)c(C)cc23)c2ccc(Cl)cc2OCCO)cc(S(C)(=O)=O)c1.COc1cc(NC(C(=O)c2c[nH]c3ccc(C)cc23)c2ccc(Cl)cc2OCCO)cc(S(C)(=O)=O)c1.COc1cc(NC(C(=O)c2c[nH]c3ccc(C)cc23)c2ccc(Cl)cc2OCCO)cc(S(C)(=O)=O)c1. The number of halogens is 4. The molecule has 0 saturated heterocycles. The molecule has 4 atom stereocenters. The normalized spacial score (nSPS) is 12.4. The maximum absolute atomic E-state index is 14.2. The van der Waals surface area contributed by atoms with Crippen molar-refractivity contribution < 1.29 is 111 Å². The molecule has 12 N–H and O–H groups in total. The molecule has 0 aliphatic carbocycles. The maximum atomic E-state index is 14.2. The van der Waals surface area contributed by atoms with E-state index in [9.17, 15) is 73.3 Å². The molecule has 4 aromatic heterocycles. The number of Topliss-reactive ketones (excluding diaryl/α,β-unsaturated/α-hetero) is 4. The summed E-state index contributed by atoms with van der Waals surface area (Å²) in [5.74, 6) is 1.39. The molecule has 0 bridgehead atoms.